The summed E-state index contributed by atoms with van der Waals surface area (Å²) in [5, 5.41) is 9.73. The van der Waals surface area contributed by atoms with Crippen LogP contribution < -0.4 is 4.90 Å². The molecule has 0 bridgehead atoms. The van der Waals surface area contributed by atoms with Crippen molar-refractivity contribution >= 4 is 17.7 Å². The number of anilines is 1. The van der Waals surface area contributed by atoms with Gasteiger partial charge in [-0.05, 0) is 62.1 Å². The molecule has 12 heteroatoms. The van der Waals surface area contributed by atoms with E-state index < -0.39 is 35.8 Å². The minimum atomic E-state index is -4.37. The highest BCUT2D eigenvalue weighted by Gasteiger charge is 2.48. The highest BCUT2D eigenvalue weighted by molar-refractivity contribution is 5.97. The summed E-state index contributed by atoms with van der Waals surface area (Å²) >= 11 is 0. The number of likely N-dealkylation sites (tertiary alicyclic amines) is 1. The van der Waals surface area contributed by atoms with Crippen molar-refractivity contribution in [3.05, 3.63) is 59.2 Å². The van der Waals surface area contributed by atoms with Crippen LogP contribution in [0.1, 0.15) is 50.4 Å². The molecule has 5 rings (SSSR count). The van der Waals surface area contributed by atoms with E-state index >= 15 is 0 Å². The maximum absolute atomic E-state index is 13.9. The molecule has 0 saturated carbocycles. The van der Waals surface area contributed by atoms with Crippen molar-refractivity contribution in [1.29, 1.82) is 0 Å². The first kappa shape index (κ1) is 30.2. The van der Waals surface area contributed by atoms with E-state index in [2.05, 4.69) is 0 Å². The Hall–Kier alpha value is -3.25. The molecule has 1 aromatic carbocycles. The second kappa shape index (κ2) is 11.4. The second-order valence-electron chi connectivity index (χ2n) is 12.4. The molecule has 42 heavy (non-hydrogen) atoms. The number of aromatic nitrogens is 1. The van der Waals surface area contributed by atoms with Crippen molar-refractivity contribution in [2.24, 2.45) is 0 Å². The Morgan fingerprint density at radius 3 is 2.48 bits per heavy atom. The normalized spacial score (nSPS) is 24.7. The average Bonchev–Trinajstić information content (AvgIpc) is 3.48. The molecule has 3 atom stereocenters. The summed E-state index contributed by atoms with van der Waals surface area (Å²) in [6.07, 6.45) is -2.77. The second-order valence-corrected chi connectivity index (χ2v) is 12.4. The fourth-order valence-corrected chi connectivity index (χ4v) is 6.62. The summed E-state index contributed by atoms with van der Waals surface area (Å²) in [7, 11) is 0. The van der Waals surface area contributed by atoms with Crippen LogP contribution in [0.3, 0.4) is 0 Å². The van der Waals surface area contributed by atoms with E-state index in [1.54, 1.807) is 30.2 Å². The average molecular weight is 592 g/mol. The van der Waals surface area contributed by atoms with Gasteiger partial charge in [0.2, 0.25) is 5.91 Å². The number of benzene rings is 1. The van der Waals surface area contributed by atoms with Crippen LogP contribution in [0.5, 0.6) is 0 Å². The predicted molar refractivity (Wildman–Crippen MR) is 149 cm³/mol. The van der Waals surface area contributed by atoms with Gasteiger partial charge in [-0.15, -0.1) is 0 Å². The monoisotopic (exact) mass is 591 g/mol. The maximum atomic E-state index is 13.9. The zero-order valence-corrected chi connectivity index (χ0v) is 24.1. The third kappa shape index (κ3) is 6.24. The molecule has 0 spiro atoms. The van der Waals surface area contributed by atoms with Crippen LogP contribution in [0.15, 0.2) is 36.5 Å². The molecule has 2 saturated heterocycles. The van der Waals surface area contributed by atoms with Gasteiger partial charge in [-0.2, -0.15) is 13.2 Å². The van der Waals surface area contributed by atoms with Crippen LogP contribution in [-0.2, 0) is 16.6 Å². The predicted octanol–water partition coefficient (Wildman–Crippen LogP) is 4.52. The molecule has 2 aromatic rings. The first-order chi connectivity index (χ1) is 19.7. The summed E-state index contributed by atoms with van der Waals surface area (Å²) in [5.41, 5.74) is 2.83. The SMILES string of the molecule is C[C@@H]1CN(CC(=O)N2CC(C)(C)c3ncc(Cc4ccc(F)cc4)cc32)[C@@H](CN2CCC[C@@H]2C(F)(F)F)CN1C(=O)O. The van der Waals surface area contributed by atoms with Crippen molar-refractivity contribution in [1.82, 2.24) is 19.7 Å². The van der Waals surface area contributed by atoms with Gasteiger partial charge in [0.05, 0.1) is 17.9 Å². The van der Waals surface area contributed by atoms with Gasteiger partial charge in [-0.25, -0.2) is 9.18 Å². The molecule has 0 aliphatic carbocycles. The molecule has 0 radical (unpaired) electrons. The highest BCUT2D eigenvalue weighted by Crippen LogP contribution is 2.40. The number of rotatable bonds is 6. The van der Waals surface area contributed by atoms with E-state index in [0.29, 0.717) is 25.1 Å². The number of fused-ring (bicyclic) bond motifs is 1. The number of piperazine rings is 1. The van der Waals surface area contributed by atoms with Crippen molar-refractivity contribution in [2.75, 3.05) is 44.2 Å². The highest BCUT2D eigenvalue weighted by atomic mass is 19.4. The van der Waals surface area contributed by atoms with E-state index in [1.165, 1.54) is 21.9 Å². The molecule has 228 valence electrons. The van der Waals surface area contributed by atoms with E-state index in [0.717, 1.165) is 16.8 Å². The van der Waals surface area contributed by atoms with Crippen LogP contribution in [0.4, 0.5) is 28.0 Å². The van der Waals surface area contributed by atoms with Gasteiger partial charge in [-0.1, -0.05) is 26.0 Å². The third-order valence-electron chi connectivity index (χ3n) is 8.76. The van der Waals surface area contributed by atoms with E-state index in [9.17, 15) is 32.3 Å². The fourth-order valence-electron chi connectivity index (χ4n) is 6.62. The van der Waals surface area contributed by atoms with Gasteiger partial charge in [0.15, 0.2) is 0 Å². The number of carbonyl (C=O) groups excluding carboxylic acids is 1. The lowest BCUT2D eigenvalue weighted by molar-refractivity contribution is -0.178. The molecule has 1 aromatic heterocycles. The number of hydrogen-bond donors (Lipinski definition) is 1. The van der Waals surface area contributed by atoms with Crippen molar-refractivity contribution < 1.29 is 32.3 Å². The van der Waals surface area contributed by atoms with Crippen molar-refractivity contribution in [3.8, 4) is 0 Å². The Morgan fingerprint density at radius 2 is 1.81 bits per heavy atom. The lowest BCUT2D eigenvalue weighted by Gasteiger charge is -2.46. The minimum absolute atomic E-state index is 0.0150. The van der Waals surface area contributed by atoms with Crippen LogP contribution >= 0.6 is 0 Å². The summed E-state index contributed by atoms with van der Waals surface area (Å²) in [4.78, 5) is 36.7. The van der Waals surface area contributed by atoms with Crippen molar-refractivity contribution in [3.63, 3.8) is 0 Å². The van der Waals surface area contributed by atoms with E-state index in [-0.39, 0.29) is 50.9 Å². The Labute approximate surface area is 242 Å². The van der Waals surface area contributed by atoms with Gasteiger partial charge in [0.25, 0.3) is 0 Å². The van der Waals surface area contributed by atoms with Crippen LogP contribution in [0.25, 0.3) is 0 Å². The fraction of sp³-hybridized carbons (Fsp3) is 0.567. The third-order valence-corrected chi connectivity index (χ3v) is 8.76. The van der Waals surface area contributed by atoms with Gasteiger partial charge >= 0.3 is 12.3 Å². The Bertz CT molecular complexity index is 1320. The molecule has 0 unspecified atom stereocenters. The Balaban J connectivity index is 1.37. The van der Waals surface area contributed by atoms with Crippen LogP contribution in [-0.4, -0.2) is 100 Å². The first-order valence-electron chi connectivity index (χ1n) is 14.3. The lowest BCUT2D eigenvalue weighted by Crippen LogP contribution is -2.63. The number of amides is 2. The molecule has 3 aliphatic heterocycles. The minimum Gasteiger partial charge on any atom is -0.465 e. The number of hydrogen-bond acceptors (Lipinski definition) is 5. The van der Waals surface area contributed by atoms with Gasteiger partial charge in [0.1, 0.15) is 11.9 Å². The summed E-state index contributed by atoms with van der Waals surface area (Å²) < 4.78 is 54.5. The molecule has 8 nitrogen and oxygen atoms in total. The smallest absolute Gasteiger partial charge is 0.407 e. The molecule has 2 fully saturated rings. The van der Waals surface area contributed by atoms with E-state index in [1.807, 2.05) is 24.8 Å². The molecule has 3 aliphatic rings. The molecule has 2 amide bonds. The van der Waals surface area contributed by atoms with Gasteiger partial charge < -0.3 is 14.9 Å². The molecular formula is C30H37F4N5O3. The summed E-state index contributed by atoms with van der Waals surface area (Å²) in [5.74, 6) is -0.530. The zero-order valence-electron chi connectivity index (χ0n) is 24.1. The summed E-state index contributed by atoms with van der Waals surface area (Å²) in [6, 6.07) is 5.58. The standard InChI is InChI=1S/C30H37F4N5O3/c1-19-14-37(23(16-38(19)28(41)42)15-36-10-4-5-25(36)30(32,33)34)17-26(40)39-18-29(2,3)27-24(39)12-21(13-35-27)11-20-6-8-22(31)9-7-20/h6-9,12-13,19,23,25H,4-5,10-11,14-18H2,1-3H3,(H,41,42)/t19-,23+,25-/m1/s1. The van der Waals surface area contributed by atoms with Gasteiger partial charge in [0, 0.05) is 49.9 Å². The number of nitrogens with zero attached hydrogens (tertiary/aromatic N) is 5. The van der Waals surface area contributed by atoms with Gasteiger partial charge in [-0.3, -0.25) is 19.6 Å². The molecule has 1 N–H and O–H groups in total. The maximum Gasteiger partial charge on any atom is 0.407 e. The molecular weight excluding hydrogens is 554 g/mol. The number of carbonyl (C=O) groups is 2. The summed E-state index contributed by atoms with van der Waals surface area (Å²) in [6.45, 7) is 6.67. The van der Waals surface area contributed by atoms with E-state index in [4.69, 9.17) is 4.98 Å². The number of alkyl halides is 3. The zero-order chi connectivity index (χ0) is 30.4. The van der Waals surface area contributed by atoms with Crippen molar-refractivity contribution in [2.45, 2.75) is 69.8 Å². The number of pyridine rings is 1. The van der Waals surface area contributed by atoms with Crippen LogP contribution in [0.2, 0.25) is 0 Å². The largest absolute Gasteiger partial charge is 0.465 e. The Morgan fingerprint density at radius 1 is 1.10 bits per heavy atom. The molecule has 4 heterocycles. The first-order valence-corrected chi connectivity index (χ1v) is 14.3. The lowest BCUT2D eigenvalue weighted by atomic mass is 9.91. The quantitative estimate of drug-likeness (QED) is 0.498. The van der Waals surface area contributed by atoms with Crippen LogP contribution in [0, 0.1) is 5.82 Å². The number of halogens is 4. The number of carboxylic acid groups (broad SMARTS) is 1. The topological polar surface area (TPSA) is 80.2 Å². The Kier molecular flexibility index (Phi) is 8.23.